The minimum absolute atomic E-state index is 0.00789. The van der Waals surface area contributed by atoms with E-state index in [0.29, 0.717) is 6.42 Å². The third kappa shape index (κ3) is 20.7. The van der Waals surface area contributed by atoms with Crippen molar-refractivity contribution >= 4 is 65.0 Å². The standard InChI is InChI=1S/C64H115N11O13/c1-27-29-30-40(13)53(76)52-64(87)69(19)45(28-2)59(82)68(18)44(17)58(81)74(24)51(41(14)34-88-26)56(79)67-49(38(9)10)62(85)70(20)46(31-35(3)4)55(78)65-42(15)54(77)66-43(16)57(80)71(21)47(32-36(5)6)60(83)72(22)48(33-37(7)8)61(84)73(23)50(39(11)12)63(86)75(52)25/h27,29,35-53,76H,28,30-34H2,1-26H3,(H,65,78)(H,66,77)(H,67,79)/b29-27+/t40-,41+,42+,43-,44-,45+,46+,47+,48+,49+,50+,51+,52+,53-/m1/s1. The number of nitrogens with zero attached hydrogens (tertiary/aromatic N) is 8. The van der Waals surface area contributed by atoms with Crippen LogP contribution in [0.25, 0.3) is 0 Å². The van der Waals surface area contributed by atoms with Gasteiger partial charge in [-0.2, -0.15) is 0 Å². The molecule has 24 heteroatoms. The molecule has 4 N–H and O–H groups in total. The Morgan fingerprint density at radius 1 is 0.455 bits per heavy atom. The van der Waals surface area contributed by atoms with E-state index in [2.05, 4.69) is 16.0 Å². The maximum Gasteiger partial charge on any atom is 0.248 e. The molecule has 14 atom stereocenters. The van der Waals surface area contributed by atoms with Gasteiger partial charge in [-0.1, -0.05) is 102 Å². The van der Waals surface area contributed by atoms with Crippen LogP contribution in [0, 0.1) is 41.4 Å². The van der Waals surface area contributed by atoms with Crippen LogP contribution < -0.4 is 16.0 Å². The Labute approximate surface area is 526 Å². The Bertz CT molecular complexity index is 2420. The number of amides is 11. The molecule has 1 rings (SSSR count). The Morgan fingerprint density at radius 2 is 0.864 bits per heavy atom. The topological polar surface area (TPSA) is 279 Å². The number of carbonyl (C=O) groups excluding carboxylic acids is 11. The molecule has 1 fully saturated rings. The third-order valence-corrected chi connectivity index (χ3v) is 17.2. The van der Waals surface area contributed by atoms with E-state index in [4.69, 9.17) is 4.74 Å². The summed E-state index contributed by atoms with van der Waals surface area (Å²) in [5.41, 5.74) is 0. The van der Waals surface area contributed by atoms with Crippen LogP contribution in [0.5, 0.6) is 0 Å². The number of methoxy groups -OCH3 is 1. The molecule has 0 aromatic heterocycles. The molecule has 0 bridgehead atoms. The molecule has 0 unspecified atom stereocenters. The van der Waals surface area contributed by atoms with Crippen LogP contribution in [0.4, 0.5) is 0 Å². The predicted octanol–water partition coefficient (Wildman–Crippen LogP) is 3.24. The van der Waals surface area contributed by atoms with Gasteiger partial charge in [0, 0.05) is 69.4 Å². The third-order valence-electron chi connectivity index (χ3n) is 17.2. The summed E-state index contributed by atoms with van der Waals surface area (Å²) in [7, 11) is 12.7. The van der Waals surface area contributed by atoms with Gasteiger partial charge in [-0.3, -0.25) is 52.7 Å². The number of aliphatic hydroxyl groups is 1. The second-order valence-corrected chi connectivity index (χ2v) is 26.6. The van der Waals surface area contributed by atoms with Gasteiger partial charge in [-0.05, 0) is 95.3 Å². The normalized spacial score (nSPS) is 27.7. The highest BCUT2D eigenvalue weighted by Gasteiger charge is 2.47. The molecule has 0 saturated carbocycles. The Kier molecular flexibility index (Phi) is 32.5. The number of likely N-dealkylation sites (N-methyl/N-ethyl adjacent to an activating group) is 8. The number of nitrogens with one attached hydrogen (secondary N) is 3. The molecule has 0 radical (unpaired) electrons. The number of allylic oxidation sites excluding steroid dienone is 2. The predicted molar refractivity (Wildman–Crippen MR) is 339 cm³/mol. The van der Waals surface area contributed by atoms with Crippen molar-refractivity contribution in [2.75, 3.05) is 70.1 Å². The Balaban J connectivity index is 4.46. The van der Waals surface area contributed by atoms with Gasteiger partial charge in [-0.25, -0.2) is 0 Å². The van der Waals surface area contributed by atoms with E-state index in [0.717, 1.165) is 14.7 Å². The summed E-state index contributed by atoms with van der Waals surface area (Å²) in [6.45, 7) is 29.3. The van der Waals surface area contributed by atoms with Gasteiger partial charge in [-0.15, -0.1) is 0 Å². The number of ether oxygens (including phenoxy) is 1. The van der Waals surface area contributed by atoms with Crippen LogP contribution in [0.1, 0.15) is 150 Å². The zero-order valence-corrected chi connectivity index (χ0v) is 58.3. The maximum atomic E-state index is 15.3. The summed E-state index contributed by atoms with van der Waals surface area (Å²) in [6.07, 6.45) is 2.85. The highest BCUT2D eigenvalue weighted by Crippen LogP contribution is 2.27. The second-order valence-electron chi connectivity index (χ2n) is 26.6. The van der Waals surface area contributed by atoms with Crippen molar-refractivity contribution in [3.63, 3.8) is 0 Å². The number of rotatable bonds is 16. The zero-order valence-electron chi connectivity index (χ0n) is 58.3. The van der Waals surface area contributed by atoms with E-state index in [1.165, 1.54) is 109 Å². The second kappa shape index (κ2) is 35.9. The van der Waals surface area contributed by atoms with E-state index in [1.807, 2.05) is 47.6 Å². The summed E-state index contributed by atoms with van der Waals surface area (Å²) in [6, 6.07) is -13.9. The van der Waals surface area contributed by atoms with Crippen molar-refractivity contribution in [2.45, 2.75) is 222 Å². The van der Waals surface area contributed by atoms with Crippen molar-refractivity contribution in [2.24, 2.45) is 41.4 Å². The van der Waals surface area contributed by atoms with Gasteiger partial charge in [0.1, 0.15) is 66.5 Å². The molecule has 1 saturated heterocycles. The summed E-state index contributed by atoms with van der Waals surface area (Å²) < 4.78 is 5.47. The smallest absolute Gasteiger partial charge is 0.248 e. The van der Waals surface area contributed by atoms with E-state index in [1.54, 1.807) is 61.5 Å². The zero-order chi connectivity index (χ0) is 68.4. The molecule has 0 aromatic carbocycles. The van der Waals surface area contributed by atoms with Crippen LogP contribution >= 0.6 is 0 Å². The molecule has 1 heterocycles. The highest BCUT2D eigenvalue weighted by molar-refractivity contribution is 6.00. The SMILES string of the molecule is C/C=C/C[C@@H](C)[C@@H](O)[C@H]1C(=O)N(C)[C@@H](CC)C(=O)N(C)[C@H](C)C(=O)N(C)[C@@H]([C@@H](C)COC)C(=O)N[C@@H](C(C)C)C(=O)N(C)[C@@H](CC(C)C)C(=O)N[C@@H](C)C(=O)N[C@H](C)C(=O)N(C)[C@@H](CC(C)C)C(=O)N(C)[C@@H](CC(C)C)C(=O)N(C)[C@@H](C(C)C)C(=O)N1C. The Hall–Kier alpha value is -6.17. The number of hydrogen-bond donors (Lipinski definition) is 4. The van der Waals surface area contributed by atoms with Gasteiger partial charge < -0.3 is 65.0 Å². The molecular formula is C64H115N11O13. The Morgan fingerprint density at radius 3 is 1.32 bits per heavy atom. The van der Waals surface area contributed by atoms with E-state index in [9.17, 15) is 38.7 Å². The molecule has 11 amide bonds. The maximum absolute atomic E-state index is 15.3. The molecule has 24 nitrogen and oxygen atoms in total. The van der Waals surface area contributed by atoms with Crippen LogP contribution in [0.3, 0.4) is 0 Å². The summed E-state index contributed by atoms with van der Waals surface area (Å²) in [4.78, 5) is 172. The van der Waals surface area contributed by atoms with Crippen molar-refractivity contribution in [3.05, 3.63) is 12.2 Å². The lowest BCUT2D eigenvalue weighted by Gasteiger charge is -2.43. The van der Waals surface area contributed by atoms with Gasteiger partial charge in [0.15, 0.2) is 0 Å². The van der Waals surface area contributed by atoms with Crippen molar-refractivity contribution in [3.8, 4) is 0 Å². The largest absolute Gasteiger partial charge is 0.390 e. The van der Waals surface area contributed by atoms with E-state index >= 15 is 19.2 Å². The van der Waals surface area contributed by atoms with E-state index < -0.39 is 161 Å². The van der Waals surface area contributed by atoms with Gasteiger partial charge >= 0.3 is 0 Å². The van der Waals surface area contributed by atoms with Crippen molar-refractivity contribution < 1.29 is 62.6 Å². The minimum atomic E-state index is -1.62. The first-order valence-electron chi connectivity index (χ1n) is 31.5. The monoisotopic (exact) mass is 1250 g/mol. The number of aliphatic hydroxyl groups excluding tert-OH is 1. The van der Waals surface area contributed by atoms with E-state index in [-0.39, 0.29) is 50.0 Å². The van der Waals surface area contributed by atoms with Gasteiger partial charge in [0.25, 0.3) is 0 Å². The first-order chi connectivity index (χ1) is 40.6. The highest BCUT2D eigenvalue weighted by atomic mass is 16.5. The molecule has 0 spiro atoms. The summed E-state index contributed by atoms with van der Waals surface area (Å²) in [5.74, 6) is -10.4. The fourth-order valence-electron chi connectivity index (χ4n) is 11.5. The minimum Gasteiger partial charge on any atom is -0.390 e. The average molecular weight is 1250 g/mol. The van der Waals surface area contributed by atoms with Crippen LogP contribution in [-0.4, -0.2) is 252 Å². The fourth-order valence-corrected chi connectivity index (χ4v) is 11.5. The first kappa shape index (κ1) is 79.8. The number of carbonyl (C=O) groups is 11. The van der Waals surface area contributed by atoms with Crippen LogP contribution in [0.2, 0.25) is 0 Å². The van der Waals surface area contributed by atoms with Crippen LogP contribution in [-0.2, 0) is 57.5 Å². The quantitative estimate of drug-likeness (QED) is 0.162. The molecule has 1 aliphatic heterocycles. The average Bonchev–Trinajstić information content (AvgIpc) is 1.37. The molecule has 0 aromatic rings. The first-order valence-corrected chi connectivity index (χ1v) is 31.5. The lowest BCUT2D eigenvalue weighted by Crippen LogP contribution is -2.64. The van der Waals surface area contributed by atoms with Crippen molar-refractivity contribution in [1.82, 2.24) is 55.1 Å². The van der Waals surface area contributed by atoms with Crippen molar-refractivity contribution in [1.29, 1.82) is 0 Å². The summed E-state index contributed by atoms with van der Waals surface area (Å²) >= 11 is 0. The molecular weight excluding hydrogens is 1130 g/mol. The van der Waals surface area contributed by atoms with Crippen LogP contribution in [0.15, 0.2) is 12.2 Å². The fraction of sp³-hybridized carbons (Fsp3) is 0.797. The molecule has 0 aliphatic carbocycles. The molecule has 504 valence electrons. The lowest BCUT2D eigenvalue weighted by molar-refractivity contribution is -0.161. The van der Waals surface area contributed by atoms with Gasteiger partial charge in [0.2, 0.25) is 65.0 Å². The molecule has 1 aliphatic rings. The van der Waals surface area contributed by atoms with Gasteiger partial charge in [0.05, 0.1) is 12.7 Å². The lowest BCUT2D eigenvalue weighted by atomic mass is 9.91. The summed E-state index contributed by atoms with van der Waals surface area (Å²) in [5, 5.41) is 20.5. The number of hydrogen-bond acceptors (Lipinski definition) is 13. The molecule has 88 heavy (non-hydrogen) atoms.